The number of hydrogen-bond donors (Lipinski definition) is 0. The molecule has 2 aromatic heterocycles. The van der Waals surface area contributed by atoms with Gasteiger partial charge in [0, 0.05) is 25.0 Å². The van der Waals surface area contributed by atoms with Gasteiger partial charge in [-0.25, -0.2) is 14.2 Å². The molecule has 1 unspecified atom stereocenters. The van der Waals surface area contributed by atoms with E-state index < -0.39 is 10.8 Å². The molecule has 26 heavy (non-hydrogen) atoms. The summed E-state index contributed by atoms with van der Waals surface area (Å²) >= 11 is 0. The molecule has 130 valence electrons. The predicted molar refractivity (Wildman–Crippen MR) is 99.2 cm³/mol. The van der Waals surface area contributed by atoms with Gasteiger partial charge in [0.25, 0.3) is 0 Å². The van der Waals surface area contributed by atoms with Crippen LogP contribution in [-0.2, 0) is 23.7 Å². The van der Waals surface area contributed by atoms with Crippen LogP contribution in [0.15, 0.2) is 72.1 Å². The summed E-state index contributed by atoms with van der Waals surface area (Å²) in [6.45, 7) is 0. The SMILES string of the molecule is Cn1ccnc1S(=O)Cn1c(C(=O)c2ccccc2)nc2ccccc21. The average molecular weight is 364 g/mol. The summed E-state index contributed by atoms with van der Waals surface area (Å²) in [5.74, 6) is 0.192. The Kier molecular flexibility index (Phi) is 4.22. The van der Waals surface area contributed by atoms with Gasteiger partial charge in [0.15, 0.2) is 5.82 Å². The highest BCUT2D eigenvalue weighted by molar-refractivity contribution is 7.83. The van der Waals surface area contributed by atoms with Crippen LogP contribution in [0.1, 0.15) is 16.2 Å². The highest BCUT2D eigenvalue weighted by Gasteiger charge is 2.21. The molecule has 0 fully saturated rings. The third-order valence-electron chi connectivity index (χ3n) is 4.12. The van der Waals surface area contributed by atoms with Crippen molar-refractivity contribution in [3.05, 3.63) is 78.4 Å². The molecule has 0 aliphatic heterocycles. The van der Waals surface area contributed by atoms with Crippen LogP contribution < -0.4 is 0 Å². The largest absolute Gasteiger partial charge is 0.327 e. The first kappa shape index (κ1) is 16.4. The molecular formula is C19H16N4O2S. The summed E-state index contributed by atoms with van der Waals surface area (Å²) in [6.07, 6.45) is 3.35. The maximum Gasteiger partial charge on any atom is 0.228 e. The maximum absolute atomic E-state index is 13.0. The summed E-state index contributed by atoms with van der Waals surface area (Å²) < 4.78 is 16.3. The third kappa shape index (κ3) is 2.86. The van der Waals surface area contributed by atoms with Gasteiger partial charge in [0.1, 0.15) is 16.7 Å². The van der Waals surface area contributed by atoms with E-state index >= 15 is 0 Å². The lowest BCUT2D eigenvalue weighted by Gasteiger charge is -2.09. The monoisotopic (exact) mass is 364 g/mol. The Labute approximate surface area is 152 Å². The van der Waals surface area contributed by atoms with E-state index in [2.05, 4.69) is 9.97 Å². The molecule has 0 aliphatic carbocycles. The van der Waals surface area contributed by atoms with E-state index in [-0.39, 0.29) is 17.5 Å². The number of carbonyl (C=O) groups is 1. The van der Waals surface area contributed by atoms with E-state index in [1.165, 1.54) is 0 Å². The molecule has 4 aromatic rings. The van der Waals surface area contributed by atoms with Crippen LogP contribution in [0.3, 0.4) is 0 Å². The van der Waals surface area contributed by atoms with Gasteiger partial charge in [0.2, 0.25) is 10.9 Å². The number of ketones is 1. The smallest absolute Gasteiger partial charge is 0.228 e. The van der Waals surface area contributed by atoms with Gasteiger partial charge in [-0.2, -0.15) is 0 Å². The van der Waals surface area contributed by atoms with Crippen molar-refractivity contribution in [3.63, 3.8) is 0 Å². The Balaban J connectivity index is 1.81. The van der Waals surface area contributed by atoms with Gasteiger partial charge in [-0.3, -0.25) is 4.79 Å². The van der Waals surface area contributed by atoms with Crippen LogP contribution in [-0.4, -0.2) is 29.1 Å². The van der Waals surface area contributed by atoms with Crippen LogP contribution >= 0.6 is 0 Å². The first-order chi connectivity index (χ1) is 12.6. The quantitative estimate of drug-likeness (QED) is 0.511. The molecule has 1 atom stereocenters. The fraction of sp³-hybridized carbons (Fsp3) is 0.105. The zero-order chi connectivity index (χ0) is 18.1. The molecule has 4 rings (SSSR count). The molecule has 0 radical (unpaired) electrons. The molecule has 0 N–H and O–H groups in total. The Morgan fingerprint density at radius 3 is 2.54 bits per heavy atom. The van der Waals surface area contributed by atoms with Crippen LogP contribution in [0, 0.1) is 0 Å². The van der Waals surface area contributed by atoms with Crippen LogP contribution in [0.2, 0.25) is 0 Å². The van der Waals surface area contributed by atoms with Gasteiger partial charge in [-0.05, 0) is 12.1 Å². The van der Waals surface area contributed by atoms with Crippen molar-refractivity contribution in [2.75, 3.05) is 0 Å². The first-order valence-corrected chi connectivity index (χ1v) is 9.38. The lowest BCUT2D eigenvalue weighted by molar-refractivity contribution is 0.102. The fourth-order valence-corrected chi connectivity index (χ4v) is 4.02. The molecule has 0 saturated heterocycles. The number of aromatic nitrogens is 4. The van der Waals surface area contributed by atoms with Gasteiger partial charge in [-0.1, -0.05) is 42.5 Å². The Morgan fingerprint density at radius 2 is 1.81 bits per heavy atom. The summed E-state index contributed by atoms with van der Waals surface area (Å²) in [5, 5.41) is 0.459. The summed E-state index contributed by atoms with van der Waals surface area (Å²) in [5.41, 5.74) is 2.02. The van der Waals surface area contributed by atoms with Gasteiger partial charge < -0.3 is 9.13 Å². The van der Waals surface area contributed by atoms with Crippen molar-refractivity contribution >= 4 is 27.6 Å². The summed E-state index contributed by atoms with van der Waals surface area (Å²) in [7, 11) is 0.384. The highest BCUT2D eigenvalue weighted by atomic mass is 32.2. The second-order valence-corrected chi connectivity index (χ2v) is 7.16. The lowest BCUT2D eigenvalue weighted by atomic mass is 10.1. The number of fused-ring (bicyclic) bond motifs is 1. The number of benzene rings is 2. The third-order valence-corrected chi connectivity index (χ3v) is 5.41. The summed E-state index contributed by atoms with van der Waals surface area (Å²) in [6, 6.07) is 16.4. The maximum atomic E-state index is 13.0. The van der Waals surface area contributed by atoms with E-state index in [1.54, 1.807) is 40.7 Å². The molecule has 2 heterocycles. The minimum Gasteiger partial charge on any atom is -0.327 e. The average Bonchev–Trinajstić information content (AvgIpc) is 3.26. The van der Waals surface area contributed by atoms with Crippen molar-refractivity contribution in [2.24, 2.45) is 7.05 Å². The first-order valence-electron chi connectivity index (χ1n) is 8.06. The number of hydrogen-bond acceptors (Lipinski definition) is 4. The van der Waals surface area contributed by atoms with Gasteiger partial charge in [-0.15, -0.1) is 0 Å². The Hall–Kier alpha value is -3.06. The molecule has 0 bridgehead atoms. The molecule has 2 aromatic carbocycles. The number of carbonyl (C=O) groups excluding carboxylic acids is 1. The minimum absolute atomic E-state index is 0.110. The predicted octanol–water partition coefficient (Wildman–Crippen LogP) is 2.77. The van der Waals surface area contributed by atoms with Crippen molar-refractivity contribution in [2.45, 2.75) is 11.0 Å². The number of para-hydroxylation sites is 2. The van der Waals surface area contributed by atoms with E-state index in [0.717, 1.165) is 5.52 Å². The van der Waals surface area contributed by atoms with Crippen molar-refractivity contribution in [1.29, 1.82) is 0 Å². The molecular weight excluding hydrogens is 348 g/mol. The zero-order valence-electron chi connectivity index (χ0n) is 14.1. The number of nitrogens with zero attached hydrogens (tertiary/aromatic N) is 4. The van der Waals surface area contributed by atoms with Crippen LogP contribution in [0.4, 0.5) is 0 Å². The van der Waals surface area contributed by atoms with Gasteiger partial charge in [0.05, 0.1) is 11.0 Å². The van der Waals surface area contributed by atoms with Crippen LogP contribution in [0.5, 0.6) is 0 Å². The number of imidazole rings is 2. The summed E-state index contributed by atoms with van der Waals surface area (Å²) in [4.78, 5) is 21.6. The normalized spacial score (nSPS) is 12.3. The second-order valence-electron chi connectivity index (χ2n) is 5.84. The number of rotatable bonds is 5. The molecule has 0 amide bonds. The van der Waals surface area contributed by atoms with Crippen LogP contribution in [0.25, 0.3) is 11.0 Å². The molecule has 0 spiro atoms. The topological polar surface area (TPSA) is 69.8 Å². The van der Waals surface area contributed by atoms with E-state index in [0.29, 0.717) is 16.2 Å². The van der Waals surface area contributed by atoms with E-state index in [9.17, 15) is 9.00 Å². The minimum atomic E-state index is -1.41. The van der Waals surface area contributed by atoms with Crippen molar-refractivity contribution in [3.8, 4) is 0 Å². The number of aryl methyl sites for hydroxylation is 1. The molecule has 0 saturated carbocycles. The lowest BCUT2D eigenvalue weighted by Crippen LogP contribution is -2.15. The van der Waals surface area contributed by atoms with E-state index in [1.807, 2.05) is 42.5 Å². The zero-order valence-corrected chi connectivity index (χ0v) is 14.9. The fourth-order valence-electron chi connectivity index (χ4n) is 2.84. The Bertz CT molecular complexity index is 1110. The van der Waals surface area contributed by atoms with Gasteiger partial charge >= 0.3 is 0 Å². The highest BCUT2D eigenvalue weighted by Crippen LogP contribution is 2.20. The van der Waals surface area contributed by atoms with E-state index in [4.69, 9.17) is 0 Å². The molecule has 6 nitrogen and oxygen atoms in total. The molecule has 0 aliphatic rings. The molecule has 7 heteroatoms. The standard InChI is InChI=1S/C19H16N4O2S/c1-22-12-11-20-19(22)26(25)13-23-16-10-6-5-9-15(16)21-18(23)17(24)14-7-3-2-4-8-14/h2-12H,13H2,1H3. The van der Waals surface area contributed by atoms with Crippen molar-refractivity contribution in [1.82, 2.24) is 19.1 Å². The van der Waals surface area contributed by atoms with Crippen molar-refractivity contribution < 1.29 is 9.00 Å². The Morgan fingerprint density at radius 1 is 1.08 bits per heavy atom. The second kappa shape index (κ2) is 6.68.